The van der Waals surface area contributed by atoms with Crippen molar-refractivity contribution in [1.82, 2.24) is 5.32 Å². The van der Waals surface area contributed by atoms with Crippen LogP contribution in [0.4, 0.5) is 13.2 Å². The third kappa shape index (κ3) is 5.69. The number of benzene rings is 1. The Balaban J connectivity index is 1.86. The van der Waals surface area contributed by atoms with Gasteiger partial charge >= 0.3 is 6.18 Å². The van der Waals surface area contributed by atoms with Crippen LogP contribution in [0.2, 0.25) is 0 Å². The number of hydrogen-bond acceptors (Lipinski definition) is 4. The molecule has 2 unspecified atom stereocenters. The number of sulfone groups is 1. The van der Waals surface area contributed by atoms with E-state index in [9.17, 15) is 21.6 Å². The van der Waals surface area contributed by atoms with Gasteiger partial charge in [-0.05, 0) is 31.5 Å². The number of hydrogen-bond donors (Lipinski definition) is 1. The standard InChI is InChI=1S/C15H20F3NO2S2/c1-10(19-11(2)13-7-23(20,21)8-13)12-3-5-14(6-4-12)22-9-15(16,17)18/h3-6,10-11,13,19H,7-9H2,1-2H3. The van der Waals surface area contributed by atoms with Crippen LogP contribution in [0.15, 0.2) is 29.2 Å². The van der Waals surface area contributed by atoms with E-state index in [4.69, 9.17) is 0 Å². The molecule has 0 spiro atoms. The molecule has 0 aromatic heterocycles. The molecule has 2 rings (SSSR count). The quantitative estimate of drug-likeness (QED) is 0.783. The number of alkyl halides is 3. The van der Waals surface area contributed by atoms with Crippen LogP contribution in [0.1, 0.15) is 25.5 Å². The number of rotatable bonds is 6. The first-order valence-corrected chi connectivity index (χ1v) is 10.1. The van der Waals surface area contributed by atoms with Crippen molar-refractivity contribution in [3.05, 3.63) is 29.8 Å². The van der Waals surface area contributed by atoms with Gasteiger partial charge in [0.25, 0.3) is 0 Å². The van der Waals surface area contributed by atoms with E-state index in [1.807, 2.05) is 13.8 Å². The zero-order chi connectivity index (χ0) is 17.3. The first-order chi connectivity index (χ1) is 10.6. The van der Waals surface area contributed by atoms with Crippen molar-refractivity contribution < 1.29 is 21.6 Å². The maximum absolute atomic E-state index is 12.2. The zero-order valence-electron chi connectivity index (χ0n) is 12.9. The molecule has 3 nitrogen and oxygen atoms in total. The molecule has 0 radical (unpaired) electrons. The summed E-state index contributed by atoms with van der Waals surface area (Å²) in [7, 11) is -2.83. The summed E-state index contributed by atoms with van der Waals surface area (Å²) in [5.41, 5.74) is 0.968. The predicted octanol–water partition coefficient (Wildman–Crippen LogP) is 3.42. The second kappa shape index (κ2) is 7.03. The molecule has 1 aromatic carbocycles. The largest absolute Gasteiger partial charge is 0.398 e. The Hall–Kier alpha value is -0.730. The van der Waals surface area contributed by atoms with E-state index >= 15 is 0 Å². The first-order valence-electron chi connectivity index (χ1n) is 7.32. The van der Waals surface area contributed by atoms with Gasteiger partial charge in [0.2, 0.25) is 0 Å². The Morgan fingerprint density at radius 2 is 1.78 bits per heavy atom. The molecule has 0 amide bonds. The summed E-state index contributed by atoms with van der Waals surface area (Å²) in [6, 6.07) is 7.06. The van der Waals surface area contributed by atoms with E-state index in [2.05, 4.69) is 5.32 Å². The van der Waals surface area contributed by atoms with Gasteiger partial charge in [-0.3, -0.25) is 0 Å². The average molecular weight is 367 g/mol. The minimum atomic E-state index is -4.17. The molecule has 1 N–H and O–H groups in total. The maximum Gasteiger partial charge on any atom is 0.398 e. The highest BCUT2D eigenvalue weighted by atomic mass is 32.2. The molecule has 0 bridgehead atoms. The Morgan fingerprint density at radius 3 is 2.26 bits per heavy atom. The van der Waals surface area contributed by atoms with Crippen LogP contribution < -0.4 is 5.32 Å². The van der Waals surface area contributed by atoms with E-state index in [1.165, 1.54) is 0 Å². The highest BCUT2D eigenvalue weighted by Crippen LogP contribution is 2.28. The molecule has 0 saturated carbocycles. The summed E-state index contributed by atoms with van der Waals surface area (Å²) >= 11 is 0.767. The molecular formula is C15H20F3NO2S2. The molecule has 1 aliphatic rings. The fraction of sp³-hybridized carbons (Fsp3) is 0.600. The van der Waals surface area contributed by atoms with Crippen LogP contribution in [0, 0.1) is 5.92 Å². The third-order valence-electron chi connectivity index (χ3n) is 3.94. The monoisotopic (exact) mass is 367 g/mol. The van der Waals surface area contributed by atoms with Gasteiger partial charge in [-0.15, -0.1) is 11.8 Å². The van der Waals surface area contributed by atoms with E-state index in [0.717, 1.165) is 17.3 Å². The van der Waals surface area contributed by atoms with Gasteiger partial charge in [-0.1, -0.05) is 12.1 Å². The van der Waals surface area contributed by atoms with Gasteiger partial charge in [-0.2, -0.15) is 13.2 Å². The highest BCUT2D eigenvalue weighted by molar-refractivity contribution is 7.99. The van der Waals surface area contributed by atoms with Crippen LogP contribution in [0.5, 0.6) is 0 Å². The van der Waals surface area contributed by atoms with Crippen LogP contribution in [-0.2, 0) is 9.84 Å². The van der Waals surface area contributed by atoms with Gasteiger partial charge < -0.3 is 5.32 Å². The molecule has 1 fully saturated rings. The lowest BCUT2D eigenvalue weighted by Crippen LogP contribution is -2.48. The molecule has 1 heterocycles. The highest BCUT2D eigenvalue weighted by Gasteiger charge is 2.37. The van der Waals surface area contributed by atoms with Crippen LogP contribution in [-0.4, -0.2) is 37.9 Å². The van der Waals surface area contributed by atoms with E-state index in [-0.39, 0.29) is 29.5 Å². The normalized spacial score (nSPS) is 20.7. The van der Waals surface area contributed by atoms with Gasteiger partial charge in [0.05, 0.1) is 17.3 Å². The molecule has 130 valence electrons. The lowest BCUT2D eigenvalue weighted by Gasteiger charge is -2.33. The zero-order valence-corrected chi connectivity index (χ0v) is 14.6. The molecular weight excluding hydrogens is 347 g/mol. The summed E-state index contributed by atoms with van der Waals surface area (Å²) < 4.78 is 59.0. The summed E-state index contributed by atoms with van der Waals surface area (Å²) in [5.74, 6) is -0.320. The Morgan fingerprint density at radius 1 is 1.22 bits per heavy atom. The maximum atomic E-state index is 12.2. The minimum Gasteiger partial charge on any atom is -0.307 e. The molecule has 2 atom stereocenters. The van der Waals surface area contributed by atoms with Crippen molar-refractivity contribution in [1.29, 1.82) is 0 Å². The van der Waals surface area contributed by atoms with Gasteiger partial charge in [0.1, 0.15) is 0 Å². The van der Waals surface area contributed by atoms with Gasteiger partial charge in [-0.25, -0.2) is 8.42 Å². The second-order valence-corrected chi connectivity index (χ2v) is 9.19. The van der Waals surface area contributed by atoms with E-state index in [1.54, 1.807) is 24.3 Å². The topological polar surface area (TPSA) is 46.2 Å². The summed E-state index contributed by atoms with van der Waals surface area (Å²) in [6.45, 7) is 3.92. The lowest BCUT2D eigenvalue weighted by molar-refractivity contribution is -0.105. The van der Waals surface area contributed by atoms with Crippen molar-refractivity contribution in [2.75, 3.05) is 17.3 Å². The number of halogens is 3. The van der Waals surface area contributed by atoms with Gasteiger partial charge in [0.15, 0.2) is 9.84 Å². The fourth-order valence-electron chi connectivity index (χ4n) is 2.54. The molecule has 1 aromatic rings. The lowest BCUT2D eigenvalue weighted by atomic mass is 10.0. The predicted molar refractivity (Wildman–Crippen MR) is 86.4 cm³/mol. The molecule has 1 saturated heterocycles. The second-order valence-electron chi connectivity index (χ2n) is 5.99. The average Bonchev–Trinajstić information content (AvgIpc) is 2.42. The summed E-state index contributed by atoms with van der Waals surface area (Å²) in [5, 5.41) is 3.36. The SMILES string of the molecule is CC(NC(C)C1CS(=O)(=O)C1)c1ccc(SCC(F)(F)F)cc1. The molecule has 0 aliphatic carbocycles. The first kappa shape index (κ1) is 18.6. The third-order valence-corrected chi connectivity index (χ3v) is 6.89. The molecule has 1 aliphatic heterocycles. The van der Waals surface area contributed by atoms with Crippen molar-refractivity contribution >= 4 is 21.6 Å². The summed E-state index contributed by atoms with van der Waals surface area (Å²) in [4.78, 5) is 0.580. The van der Waals surface area contributed by atoms with Crippen molar-refractivity contribution in [2.24, 2.45) is 5.92 Å². The van der Waals surface area contributed by atoms with Crippen LogP contribution >= 0.6 is 11.8 Å². The van der Waals surface area contributed by atoms with Crippen LogP contribution in [0.25, 0.3) is 0 Å². The van der Waals surface area contributed by atoms with Crippen molar-refractivity contribution in [2.45, 2.75) is 37.0 Å². The number of nitrogens with one attached hydrogen (secondary N) is 1. The fourth-order valence-corrected chi connectivity index (χ4v) is 4.98. The molecule has 23 heavy (non-hydrogen) atoms. The Bertz CT molecular complexity index is 617. The Labute approximate surface area is 139 Å². The van der Waals surface area contributed by atoms with E-state index < -0.39 is 21.8 Å². The number of thioether (sulfide) groups is 1. The van der Waals surface area contributed by atoms with Crippen molar-refractivity contribution in [3.63, 3.8) is 0 Å². The minimum absolute atomic E-state index is 0.00923. The summed E-state index contributed by atoms with van der Waals surface area (Å²) in [6.07, 6.45) is -4.17. The molecule has 8 heteroatoms. The Kier molecular flexibility index (Phi) is 5.68. The van der Waals surface area contributed by atoms with E-state index in [0.29, 0.717) is 4.90 Å². The van der Waals surface area contributed by atoms with Crippen LogP contribution in [0.3, 0.4) is 0 Å². The van der Waals surface area contributed by atoms with Gasteiger partial charge in [0, 0.05) is 22.9 Å². The smallest absolute Gasteiger partial charge is 0.307 e. The van der Waals surface area contributed by atoms with Crippen molar-refractivity contribution in [3.8, 4) is 0 Å².